The first-order valence-corrected chi connectivity index (χ1v) is 6.45. The fraction of sp³-hybridized carbons (Fsp3) is 0.125. The van der Waals surface area contributed by atoms with Gasteiger partial charge in [0.05, 0.1) is 0 Å². The Kier molecular flexibility index (Phi) is 4.23. The predicted octanol–water partition coefficient (Wildman–Crippen LogP) is 2.91. The minimum atomic E-state index is -0.296. The minimum Gasteiger partial charge on any atom is -0.508 e. The highest BCUT2D eigenvalue weighted by Crippen LogP contribution is 2.21. The van der Waals surface area contributed by atoms with Gasteiger partial charge in [-0.2, -0.15) is 0 Å². The van der Waals surface area contributed by atoms with Gasteiger partial charge in [-0.3, -0.25) is 9.59 Å². The van der Waals surface area contributed by atoms with Crippen molar-refractivity contribution in [3.8, 4) is 5.75 Å². The molecule has 0 aliphatic carbocycles. The van der Waals surface area contributed by atoms with Crippen LogP contribution in [0.4, 0.5) is 11.4 Å². The highest BCUT2D eigenvalue weighted by Gasteiger charge is 2.11. The zero-order valence-corrected chi connectivity index (χ0v) is 11.8. The van der Waals surface area contributed by atoms with Crippen LogP contribution >= 0.6 is 0 Å². The number of rotatable bonds is 3. The van der Waals surface area contributed by atoms with E-state index in [1.165, 1.54) is 13.0 Å². The third-order valence-corrected chi connectivity index (χ3v) is 3.01. The maximum Gasteiger partial charge on any atom is 0.256 e. The van der Waals surface area contributed by atoms with E-state index in [0.717, 1.165) is 0 Å². The second-order valence-corrected chi connectivity index (χ2v) is 4.66. The summed E-state index contributed by atoms with van der Waals surface area (Å²) in [6.07, 6.45) is 0. The van der Waals surface area contributed by atoms with Crippen molar-refractivity contribution in [2.45, 2.75) is 13.8 Å². The maximum absolute atomic E-state index is 12.2. The molecule has 0 spiro atoms. The Hall–Kier alpha value is -2.82. The molecule has 0 saturated heterocycles. The molecule has 0 aliphatic heterocycles. The van der Waals surface area contributed by atoms with Crippen molar-refractivity contribution < 1.29 is 14.7 Å². The van der Waals surface area contributed by atoms with Crippen molar-refractivity contribution in [3.63, 3.8) is 0 Å². The van der Waals surface area contributed by atoms with Gasteiger partial charge in [-0.05, 0) is 43.3 Å². The normalized spacial score (nSPS) is 10.0. The summed E-state index contributed by atoms with van der Waals surface area (Å²) in [5, 5.41) is 15.0. The van der Waals surface area contributed by atoms with Gasteiger partial charge in [0.2, 0.25) is 5.91 Å². The summed E-state index contributed by atoms with van der Waals surface area (Å²) in [6, 6.07) is 11.6. The van der Waals surface area contributed by atoms with E-state index in [4.69, 9.17) is 0 Å². The zero-order chi connectivity index (χ0) is 15.4. The minimum absolute atomic E-state index is 0.0867. The van der Waals surface area contributed by atoms with Gasteiger partial charge < -0.3 is 15.7 Å². The van der Waals surface area contributed by atoms with E-state index in [1.807, 2.05) is 0 Å². The molecule has 2 rings (SSSR count). The molecule has 0 aromatic heterocycles. The van der Waals surface area contributed by atoms with Crippen LogP contribution in [0.1, 0.15) is 22.8 Å². The lowest BCUT2D eigenvalue weighted by atomic mass is 10.1. The van der Waals surface area contributed by atoms with Gasteiger partial charge in [-0.25, -0.2) is 0 Å². The van der Waals surface area contributed by atoms with E-state index in [2.05, 4.69) is 10.6 Å². The molecular formula is C16H16N2O3. The fourth-order valence-corrected chi connectivity index (χ4v) is 1.91. The summed E-state index contributed by atoms with van der Waals surface area (Å²) in [5.41, 5.74) is 2.22. The van der Waals surface area contributed by atoms with Crippen molar-refractivity contribution in [1.29, 1.82) is 0 Å². The molecule has 108 valence electrons. The van der Waals surface area contributed by atoms with Gasteiger partial charge in [0.1, 0.15) is 5.75 Å². The summed E-state index contributed by atoms with van der Waals surface area (Å²) in [7, 11) is 0. The maximum atomic E-state index is 12.2. The number of benzene rings is 2. The standard InChI is InChI=1S/C16H16N2O3/c1-10-14(4-3-5-15(10)20)16(21)18-13-8-6-12(7-9-13)17-11(2)19/h3-9,20H,1-2H3,(H,17,19)(H,18,21). The van der Waals surface area contributed by atoms with E-state index in [1.54, 1.807) is 43.3 Å². The molecule has 0 unspecified atom stereocenters. The molecule has 0 bridgehead atoms. The van der Waals surface area contributed by atoms with E-state index in [9.17, 15) is 14.7 Å². The Morgan fingerprint density at radius 1 is 0.952 bits per heavy atom. The molecule has 0 radical (unpaired) electrons. The molecule has 0 saturated carbocycles. The Balaban J connectivity index is 2.12. The molecule has 5 nitrogen and oxygen atoms in total. The highest BCUT2D eigenvalue weighted by atomic mass is 16.3. The number of carbonyl (C=O) groups excluding carboxylic acids is 2. The highest BCUT2D eigenvalue weighted by molar-refractivity contribution is 6.05. The van der Waals surface area contributed by atoms with Crippen LogP contribution in [0.15, 0.2) is 42.5 Å². The summed E-state index contributed by atoms with van der Waals surface area (Å²) in [4.78, 5) is 23.1. The first kappa shape index (κ1) is 14.6. The molecule has 21 heavy (non-hydrogen) atoms. The molecule has 5 heteroatoms. The van der Waals surface area contributed by atoms with Crippen molar-refractivity contribution in [2.75, 3.05) is 10.6 Å². The number of aromatic hydroxyl groups is 1. The van der Waals surface area contributed by atoms with Gasteiger partial charge in [-0.15, -0.1) is 0 Å². The largest absolute Gasteiger partial charge is 0.508 e. The average molecular weight is 284 g/mol. The lowest BCUT2D eigenvalue weighted by Gasteiger charge is -2.09. The van der Waals surface area contributed by atoms with E-state index >= 15 is 0 Å². The number of anilines is 2. The molecule has 0 fully saturated rings. The lowest BCUT2D eigenvalue weighted by Crippen LogP contribution is -2.13. The number of carbonyl (C=O) groups is 2. The Bertz CT molecular complexity index is 678. The third kappa shape index (κ3) is 3.60. The predicted molar refractivity (Wildman–Crippen MR) is 81.5 cm³/mol. The van der Waals surface area contributed by atoms with Crippen LogP contribution in [0.3, 0.4) is 0 Å². The van der Waals surface area contributed by atoms with Crippen molar-refractivity contribution >= 4 is 23.2 Å². The molecule has 2 aromatic carbocycles. The van der Waals surface area contributed by atoms with Crippen LogP contribution < -0.4 is 10.6 Å². The third-order valence-electron chi connectivity index (χ3n) is 3.01. The topological polar surface area (TPSA) is 78.4 Å². The number of hydrogen-bond donors (Lipinski definition) is 3. The second-order valence-electron chi connectivity index (χ2n) is 4.66. The first-order valence-electron chi connectivity index (χ1n) is 6.45. The Labute approximate surface area is 122 Å². The van der Waals surface area contributed by atoms with Crippen LogP contribution in [0.5, 0.6) is 5.75 Å². The van der Waals surface area contributed by atoms with Crippen molar-refractivity contribution in [2.24, 2.45) is 0 Å². The number of phenols is 1. The van der Waals surface area contributed by atoms with Gasteiger partial charge >= 0.3 is 0 Å². The molecule has 2 amide bonds. The SMILES string of the molecule is CC(=O)Nc1ccc(NC(=O)c2cccc(O)c2C)cc1. The van der Waals surface area contributed by atoms with Crippen LogP contribution in [0, 0.1) is 6.92 Å². The quantitative estimate of drug-likeness (QED) is 0.811. The number of nitrogens with one attached hydrogen (secondary N) is 2. The molecular weight excluding hydrogens is 268 g/mol. The number of amides is 2. The van der Waals surface area contributed by atoms with Gasteiger partial charge in [0, 0.05) is 29.4 Å². The monoisotopic (exact) mass is 284 g/mol. The summed E-state index contributed by atoms with van der Waals surface area (Å²) >= 11 is 0. The molecule has 2 aromatic rings. The van der Waals surface area contributed by atoms with E-state index in [-0.39, 0.29) is 17.6 Å². The van der Waals surface area contributed by atoms with Crippen LogP contribution in [0.2, 0.25) is 0 Å². The summed E-state index contributed by atoms with van der Waals surface area (Å²) < 4.78 is 0. The van der Waals surface area contributed by atoms with Crippen molar-refractivity contribution in [1.82, 2.24) is 0 Å². The Morgan fingerprint density at radius 3 is 2.10 bits per heavy atom. The van der Waals surface area contributed by atoms with Gasteiger partial charge in [0.15, 0.2) is 0 Å². The summed E-state index contributed by atoms with van der Waals surface area (Å²) in [5.74, 6) is -0.360. The van der Waals surface area contributed by atoms with Crippen LogP contribution in [0.25, 0.3) is 0 Å². The van der Waals surface area contributed by atoms with Crippen LogP contribution in [-0.4, -0.2) is 16.9 Å². The zero-order valence-electron chi connectivity index (χ0n) is 11.8. The fourth-order valence-electron chi connectivity index (χ4n) is 1.91. The smallest absolute Gasteiger partial charge is 0.256 e. The molecule has 3 N–H and O–H groups in total. The van der Waals surface area contributed by atoms with E-state index < -0.39 is 0 Å². The average Bonchev–Trinajstić information content (AvgIpc) is 2.43. The molecule has 0 aliphatic rings. The lowest BCUT2D eigenvalue weighted by molar-refractivity contribution is -0.114. The van der Waals surface area contributed by atoms with E-state index in [0.29, 0.717) is 22.5 Å². The number of phenolic OH excluding ortho intramolecular Hbond substituents is 1. The van der Waals surface area contributed by atoms with Crippen LogP contribution in [-0.2, 0) is 4.79 Å². The second kappa shape index (κ2) is 6.09. The van der Waals surface area contributed by atoms with Gasteiger partial charge in [-0.1, -0.05) is 6.07 Å². The summed E-state index contributed by atoms with van der Waals surface area (Å²) in [6.45, 7) is 3.12. The van der Waals surface area contributed by atoms with Crippen molar-refractivity contribution in [3.05, 3.63) is 53.6 Å². The first-order chi connectivity index (χ1) is 9.97. The van der Waals surface area contributed by atoms with Gasteiger partial charge in [0.25, 0.3) is 5.91 Å². The molecule has 0 heterocycles. The number of hydrogen-bond acceptors (Lipinski definition) is 3. The Morgan fingerprint density at radius 2 is 1.52 bits per heavy atom. The molecule has 0 atom stereocenters.